The van der Waals surface area contributed by atoms with E-state index in [9.17, 15) is 9.59 Å². The van der Waals surface area contributed by atoms with Gasteiger partial charge in [0.25, 0.3) is 5.91 Å². The van der Waals surface area contributed by atoms with Gasteiger partial charge in [0.15, 0.2) is 0 Å². The molecule has 0 aliphatic carbocycles. The van der Waals surface area contributed by atoms with Crippen LogP contribution in [-0.2, 0) is 4.79 Å². The van der Waals surface area contributed by atoms with Crippen LogP contribution < -0.4 is 10.1 Å². The number of rotatable bonds is 5. The third kappa shape index (κ3) is 4.67. The second-order valence-corrected chi connectivity index (χ2v) is 7.83. The molecule has 0 saturated carbocycles. The number of methoxy groups -OCH3 is 1. The van der Waals surface area contributed by atoms with Crippen LogP contribution in [0.1, 0.15) is 54.5 Å². The highest BCUT2D eigenvalue weighted by molar-refractivity contribution is 6.31. The Bertz CT molecular complexity index is 932. The molecular weight excluding hydrogens is 392 g/mol. The van der Waals surface area contributed by atoms with Gasteiger partial charge in [0.05, 0.1) is 12.7 Å². The average Bonchev–Trinajstić information content (AvgIpc) is 3.16. The fourth-order valence-corrected chi connectivity index (χ4v) is 3.58. The summed E-state index contributed by atoms with van der Waals surface area (Å²) < 4.78 is 5.30. The smallest absolute Gasteiger partial charge is 0.258 e. The molecule has 1 aliphatic rings. The van der Waals surface area contributed by atoms with Crippen LogP contribution in [0.5, 0.6) is 5.75 Å². The van der Waals surface area contributed by atoms with Crippen molar-refractivity contribution in [3.05, 3.63) is 46.4 Å². The van der Waals surface area contributed by atoms with Crippen molar-refractivity contribution in [1.82, 2.24) is 14.9 Å². The van der Waals surface area contributed by atoms with Crippen LogP contribution in [0.4, 0.5) is 5.82 Å². The van der Waals surface area contributed by atoms with E-state index in [-0.39, 0.29) is 17.7 Å². The van der Waals surface area contributed by atoms with Crippen LogP contribution in [0, 0.1) is 6.92 Å². The number of ether oxygens (including phenoxy) is 1. The maximum Gasteiger partial charge on any atom is 0.258 e. The standard InChI is InChI=1S/C21H25ClN4O3/c1-12(2)19-23-13(3)10-18(24-19)25-20(27)16-6-5-9-26(16)21(28)15-11-14(22)7-8-17(15)29-4/h7-8,10-12,16H,5-6,9H2,1-4H3,(H,23,24,25,27). The number of hydrogen-bond acceptors (Lipinski definition) is 5. The second kappa shape index (κ2) is 8.78. The summed E-state index contributed by atoms with van der Waals surface area (Å²) in [6, 6.07) is 6.03. The van der Waals surface area contributed by atoms with Gasteiger partial charge in [0, 0.05) is 29.2 Å². The minimum Gasteiger partial charge on any atom is -0.496 e. The molecule has 0 bridgehead atoms. The second-order valence-electron chi connectivity index (χ2n) is 7.40. The van der Waals surface area contributed by atoms with Crippen LogP contribution in [-0.4, -0.2) is 46.4 Å². The van der Waals surface area contributed by atoms with Gasteiger partial charge in [-0.2, -0.15) is 0 Å². The molecule has 1 aromatic carbocycles. The molecule has 1 N–H and O–H groups in total. The fourth-order valence-electron chi connectivity index (χ4n) is 3.41. The lowest BCUT2D eigenvalue weighted by molar-refractivity contribution is -0.119. The van der Waals surface area contributed by atoms with Crippen LogP contribution in [0.3, 0.4) is 0 Å². The molecule has 29 heavy (non-hydrogen) atoms. The molecule has 1 unspecified atom stereocenters. The van der Waals surface area contributed by atoms with Crippen molar-refractivity contribution >= 4 is 29.2 Å². The Labute approximate surface area is 175 Å². The number of nitrogens with zero attached hydrogens (tertiary/aromatic N) is 3. The van der Waals surface area contributed by atoms with Gasteiger partial charge in [0.1, 0.15) is 23.4 Å². The molecule has 8 heteroatoms. The molecule has 0 spiro atoms. The number of halogens is 1. The zero-order chi connectivity index (χ0) is 21.1. The third-order valence-corrected chi connectivity index (χ3v) is 5.08. The van der Waals surface area contributed by atoms with Crippen LogP contribution in [0.25, 0.3) is 0 Å². The topological polar surface area (TPSA) is 84.4 Å². The van der Waals surface area contributed by atoms with Gasteiger partial charge in [-0.1, -0.05) is 25.4 Å². The van der Waals surface area contributed by atoms with Gasteiger partial charge in [0.2, 0.25) is 5.91 Å². The van der Waals surface area contributed by atoms with Crippen molar-refractivity contribution in [2.45, 2.75) is 45.6 Å². The number of likely N-dealkylation sites (tertiary alicyclic amines) is 1. The number of nitrogens with one attached hydrogen (secondary N) is 1. The molecule has 3 rings (SSSR count). The SMILES string of the molecule is COc1ccc(Cl)cc1C(=O)N1CCCC1C(=O)Nc1cc(C)nc(C(C)C)n1. The lowest BCUT2D eigenvalue weighted by Crippen LogP contribution is -2.43. The number of aromatic nitrogens is 2. The quantitative estimate of drug-likeness (QED) is 0.801. The summed E-state index contributed by atoms with van der Waals surface area (Å²) in [7, 11) is 1.50. The summed E-state index contributed by atoms with van der Waals surface area (Å²) in [5.74, 6) is 1.16. The molecule has 0 radical (unpaired) electrons. The monoisotopic (exact) mass is 416 g/mol. The van der Waals surface area contributed by atoms with E-state index in [4.69, 9.17) is 16.3 Å². The molecule has 1 atom stereocenters. The molecule has 2 amide bonds. The molecular formula is C21H25ClN4O3. The normalized spacial score (nSPS) is 16.2. The Morgan fingerprint density at radius 2 is 2.03 bits per heavy atom. The summed E-state index contributed by atoms with van der Waals surface area (Å²) in [6.07, 6.45) is 1.33. The highest BCUT2D eigenvalue weighted by Gasteiger charge is 2.35. The van der Waals surface area contributed by atoms with Gasteiger partial charge in [-0.3, -0.25) is 9.59 Å². The first kappa shape index (κ1) is 21.0. The maximum atomic E-state index is 13.1. The minimum atomic E-state index is -0.580. The predicted octanol–water partition coefficient (Wildman–Crippen LogP) is 3.81. The van der Waals surface area contributed by atoms with Gasteiger partial charge >= 0.3 is 0 Å². The highest BCUT2D eigenvalue weighted by Crippen LogP contribution is 2.28. The molecule has 1 saturated heterocycles. The highest BCUT2D eigenvalue weighted by atomic mass is 35.5. The first-order valence-electron chi connectivity index (χ1n) is 9.61. The van der Waals surface area contributed by atoms with Gasteiger partial charge < -0.3 is 15.0 Å². The number of aryl methyl sites for hydroxylation is 1. The molecule has 2 aromatic rings. The van der Waals surface area contributed by atoms with Crippen molar-refractivity contribution in [2.75, 3.05) is 19.0 Å². The van der Waals surface area contributed by atoms with Crippen LogP contribution >= 0.6 is 11.6 Å². The Balaban J connectivity index is 1.81. The summed E-state index contributed by atoms with van der Waals surface area (Å²) in [6.45, 7) is 6.35. The number of anilines is 1. The summed E-state index contributed by atoms with van der Waals surface area (Å²) in [4.78, 5) is 36.5. The molecule has 1 aromatic heterocycles. The van der Waals surface area contributed by atoms with E-state index in [1.54, 1.807) is 29.2 Å². The molecule has 154 valence electrons. The first-order chi connectivity index (χ1) is 13.8. The molecule has 7 nitrogen and oxygen atoms in total. The van der Waals surface area contributed by atoms with Crippen LogP contribution in [0.15, 0.2) is 24.3 Å². The third-order valence-electron chi connectivity index (χ3n) is 4.85. The van der Waals surface area contributed by atoms with Crippen molar-refractivity contribution in [1.29, 1.82) is 0 Å². The van der Waals surface area contributed by atoms with Crippen molar-refractivity contribution < 1.29 is 14.3 Å². The average molecular weight is 417 g/mol. The number of carbonyl (C=O) groups is 2. The fraction of sp³-hybridized carbons (Fsp3) is 0.429. The maximum absolute atomic E-state index is 13.1. The number of amides is 2. The number of hydrogen-bond donors (Lipinski definition) is 1. The zero-order valence-corrected chi connectivity index (χ0v) is 17.8. The van der Waals surface area contributed by atoms with E-state index < -0.39 is 6.04 Å². The minimum absolute atomic E-state index is 0.144. The molecule has 1 fully saturated rings. The Morgan fingerprint density at radius 3 is 2.72 bits per heavy atom. The summed E-state index contributed by atoms with van der Waals surface area (Å²) >= 11 is 6.07. The zero-order valence-electron chi connectivity index (χ0n) is 17.0. The Kier molecular flexibility index (Phi) is 6.37. The lowest BCUT2D eigenvalue weighted by atomic mass is 10.1. The largest absolute Gasteiger partial charge is 0.496 e. The van der Waals surface area contributed by atoms with Gasteiger partial charge in [-0.05, 0) is 38.0 Å². The first-order valence-corrected chi connectivity index (χ1v) is 9.99. The summed E-state index contributed by atoms with van der Waals surface area (Å²) in [5.41, 5.74) is 1.13. The Hall–Kier alpha value is -2.67. The van der Waals surface area contributed by atoms with Crippen LogP contribution in [0.2, 0.25) is 5.02 Å². The molecule has 1 aliphatic heterocycles. The van der Waals surface area contributed by atoms with E-state index in [2.05, 4.69) is 15.3 Å². The van der Waals surface area contributed by atoms with Gasteiger partial charge in [-0.25, -0.2) is 9.97 Å². The van der Waals surface area contributed by atoms with E-state index in [0.29, 0.717) is 40.9 Å². The Morgan fingerprint density at radius 1 is 1.28 bits per heavy atom. The predicted molar refractivity (Wildman–Crippen MR) is 112 cm³/mol. The van der Waals surface area contributed by atoms with Gasteiger partial charge in [-0.15, -0.1) is 0 Å². The lowest BCUT2D eigenvalue weighted by Gasteiger charge is -2.25. The van der Waals surface area contributed by atoms with Crippen molar-refractivity contribution in [3.63, 3.8) is 0 Å². The van der Waals surface area contributed by atoms with E-state index >= 15 is 0 Å². The van der Waals surface area contributed by atoms with E-state index in [1.807, 2.05) is 20.8 Å². The van der Waals surface area contributed by atoms with Crippen molar-refractivity contribution in [2.24, 2.45) is 0 Å². The van der Waals surface area contributed by atoms with Crippen molar-refractivity contribution in [3.8, 4) is 5.75 Å². The molecule has 2 heterocycles. The van der Waals surface area contributed by atoms with E-state index in [0.717, 1.165) is 12.1 Å². The van der Waals surface area contributed by atoms with E-state index in [1.165, 1.54) is 7.11 Å². The number of benzene rings is 1. The number of carbonyl (C=O) groups excluding carboxylic acids is 2. The summed E-state index contributed by atoms with van der Waals surface area (Å²) in [5, 5.41) is 3.29.